The number of nitrogens with zero attached hydrogens (tertiary/aromatic N) is 4. The maximum atomic E-state index is 11.1. The first-order valence-electron chi connectivity index (χ1n) is 10.6. The monoisotopic (exact) mass is 550 g/mol. The van der Waals surface area contributed by atoms with Gasteiger partial charge in [0.15, 0.2) is 11.6 Å². The van der Waals surface area contributed by atoms with Crippen LogP contribution < -0.4 is 9.44 Å². The van der Waals surface area contributed by atoms with Gasteiger partial charge in [0, 0.05) is 0 Å². The molecule has 196 valence electrons. The van der Waals surface area contributed by atoms with Crippen LogP contribution in [0.4, 0.5) is 11.4 Å². The molecule has 16 heteroatoms. The Balaban J connectivity index is 1.77. The van der Waals surface area contributed by atoms with Crippen LogP contribution in [0.1, 0.15) is 34.6 Å². The summed E-state index contributed by atoms with van der Waals surface area (Å²) in [7, 11) is -8.87. The molecule has 0 bridgehead atoms. The number of hydrogen-bond donors (Lipinski definition) is 4. The molecule has 0 radical (unpaired) electrons. The van der Waals surface area contributed by atoms with Gasteiger partial charge in [-0.05, 0) is 62.1 Å². The van der Waals surface area contributed by atoms with E-state index in [-0.39, 0.29) is 36.0 Å². The summed E-state index contributed by atoms with van der Waals surface area (Å²) in [5.74, 6) is 1.12. The Bertz CT molecular complexity index is 1480. The molecule has 2 heterocycles. The smallest absolute Gasteiger partial charge is 0.338 e. The molecular formula is C21H22N6O8S2. The van der Waals surface area contributed by atoms with Crippen molar-refractivity contribution in [2.24, 2.45) is 0 Å². The fraction of sp³-hybridized carbons (Fsp3) is 0.238. The second-order valence-corrected chi connectivity index (χ2v) is 10.6. The molecule has 0 amide bonds. The van der Waals surface area contributed by atoms with E-state index in [4.69, 9.17) is 18.2 Å². The molecule has 0 aliphatic carbocycles. The quantitative estimate of drug-likeness (QED) is 0.209. The first-order chi connectivity index (χ1) is 17.3. The molecule has 0 atom stereocenters. The van der Waals surface area contributed by atoms with E-state index < -0.39 is 26.0 Å². The highest BCUT2D eigenvalue weighted by molar-refractivity contribution is 7.87. The summed E-state index contributed by atoms with van der Waals surface area (Å²) in [6.45, 7) is 3.31. The minimum absolute atomic E-state index is 0.154. The fourth-order valence-electron chi connectivity index (χ4n) is 3.82. The zero-order valence-corrected chi connectivity index (χ0v) is 21.1. The van der Waals surface area contributed by atoms with Gasteiger partial charge in [-0.25, -0.2) is 0 Å². The average molecular weight is 551 g/mol. The highest BCUT2D eigenvalue weighted by Gasteiger charge is 2.45. The van der Waals surface area contributed by atoms with Gasteiger partial charge in [0.25, 0.3) is 0 Å². The zero-order valence-electron chi connectivity index (χ0n) is 19.5. The molecule has 0 aliphatic rings. The van der Waals surface area contributed by atoms with Gasteiger partial charge in [0.2, 0.25) is 11.8 Å². The molecule has 0 unspecified atom stereocenters. The molecule has 0 saturated heterocycles. The Morgan fingerprint density at radius 2 is 1.05 bits per heavy atom. The molecule has 4 N–H and O–H groups in total. The van der Waals surface area contributed by atoms with Crippen molar-refractivity contribution in [2.75, 3.05) is 9.44 Å². The highest BCUT2D eigenvalue weighted by Crippen LogP contribution is 2.38. The standard InChI is InChI=1S/C21H22N6O8S2/c1-13-22-19(34-24-13)21(20-23-14(2)25-35-20,11-15-3-7-17(8-4-15)26-36(28,29)30)12-16-5-9-18(10-6-16)27-37(31,32)33/h3-10,26-27H,11-12H2,1-2H3,(H,28,29,30)(H,31,32,33). The molecule has 14 nitrogen and oxygen atoms in total. The van der Waals surface area contributed by atoms with Crippen molar-refractivity contribution < 1.29 is 35.0 Å². The number of benzene rings is 2. The van der Waals surface area contributed by atoms with Gasteiger partial charge in [0.05, 0.1) is 11.4 Å². The van der Waals surface area contributed by atoms with Crippen molar-refractivity contribution >= 4 is 32.0 Å². The van der Waals surface area contributed by atoms with Crippen LogP contribution in [0.25, 0.3) is 0 Å². The van der Waals surface area contributed by atoms with Crippen LogP contribution in [0.5, 0.6) is 0 Å². The Kier molecular flexibility index (Phi) is 7.00. The summed E-state index contributed by atoms with van der Waals surface area (Å²) in [4.78, 5) is 8.88. The third-order valence-corrected chi connectivity index (χ3v) is 6.27. The zero-order chi connectivity index (χ0) is 26.8. The van der Waals surface area contributed by atoms with Crippen LogP contribution in [0.15, 0.2) is 57.6 Å². The van der Waals surface area contributed by atoms with E-state index in [0.717, 1.165) is 0 Å². The van der Waals surface area contributed by atoms with E-state index in [1.807, 2.05) is 9.44 Å². The number of aryl methyl sites for hydroxylation is 2. The number of nitrogens with one attached hydrogen (secondary N) is 2. The summed E-state index contributed by atoms with van der Waals surface area (Å²) in [6, 6.07) is 12.5. The normalized spacial score (nSPS) is 12.4. The third-order valence-electron chi connectivity index (χ3n) is 5.29. The van der Waals surface area contributed by atoms with Gasteiger partial charge in [0.1, 0.15) is 5.41 Å². The maximum Gasteiger partial charge on any atom is 0.357 e. The van der Waals surface area contributed by atoms with Gasteiger partial charge < -0.3 is 9.05 Å². The summed E-state index contributed by atoms with van der Waals surface area (Å²) in [6.07, 6.45) is 0.404. The molecule has 0 saturated carbocycles. The van der Waals surface area contributed by atoms with Gasteiger partial charge in [-0.15, -0.1) is 0 Å². The lowest BCUT2D eigenvalue weighted by Gasteiger charge is -2.27. The summed E-state index contributed by atoms with van der Waals surface area (Å²) >= 11 is 0. The van der Waals surface area contributed by atoms with E-state index in [1.165, 1.54) is 24.3 Å². The van der Waals surface area contributed by atoms with Crippen LogP contribution in [0, 0.1) is 13.8 Å². The molecule has 0 aliphatic heterocycles. The molecule has 2 aromatic heterocycles. The van der Waals surface area contributed by atoms with Gasteiger partial charge in [-0.3, -0.25) is 18.5 Å². The SMILES string of the molecule is Cc1noc(C(Cc2ccc(NS(=O)(=O)O)cc2)(Cc2ccc(NS(=O)(=O)O)cc2)c2nc(C)no2)n1. The van der Waals surface area contributed by atoms with E-state index in [2.05, 4.69) is 20.3 Å². The van der Waals surface area contributed by atoms with E-state index in [9.17, 15) is 16.8 Å². The van der Waals surface area contributed by atoms with Crippen LogP contribution in [0.2, 0.25) is 0 Å². The Morgan fingerprint density at radius 1 is 0.703 bits per heavy atom. The summed E-state index contributed by atoms with van der Waals surface area (Å²) < 4.78 is 77.7. The predicted molar refractivity (Wildman–Crippen MR) is 129 cm³/mol. The average Bonchev–Trinajstić information content (AvgIpc) is 3.43. The second kappa shape index (κ2) is 9.89. The molecule has 4 rings (SSSR count). The number of rotatable bonds is 10. The summed E-state index contributed by atoms with van der Waals surface area (Å²) in [5.41, 5.74) is 0.551. The fourth-order valence-corrected chi connectivity index (χ4v) is 4.68. The van der Waals surface area contributed by atoms with Crippen molar-refractivity contribution in [3.63, 3.8) is 0 Å². The lowest BCUT2D eigenvalue weighted by Crippen LogP contribution is -2.34. The largest absolute Gasteiger partial charge is 0.357 e. The molecule has 0 spiro atoms. The summed E-state index contributed by atoms with van der Waals surface area (Å²) in [5, 5.41) is 7.84. The van der Waals surface area contributed by atoms with Crippen molar-refractivity contribution in [2.45, 2.75) is 32.1 Å². The van der Waals surface area contributed by atoms with Crippen LogP contribution in [0.3, 0.4) is 0 Å². The van der Waals surface area contributed by atoms with Crippen molar-refractivity contribution in [1.29, 1.82) is 0 Å². The molecule has 2 aromatic carbocycles. The Morgan fingerprint density at radius 3 is 1.32 bits per heavy atom. The van der Waals surface area contributed by atoms with Crippen LogP contribution in [-0.4, -0.2) is 46.2 Å². The van der Waals surface area contributed by atoms with Crippen molar-refractivity contribution in [3.05, 3.63) is 83.1 Å². The van der Waals surface area contributed by atoms with Crippen LogP contribution in [-0.2, 0) is 38.9 Å². The topological polar surface area (TPSA) is 211 Å². The lowest BCUT2D eigenvalue weighted by atomic mass is 9.76. The van der Waals surface area contributed by atoms with Crippen LogP contribution >= 0.6 is 0 Å². The molecule has 4 aromatic rings. The van der Waals surface area contributed by atoms with Crippen molar-refractivity contribution in [1.82, 2.24) is 20.3 Å². The minimum Gasteiger partial charge on any atom is -0.338 e. The van der Waals surface area contributed by atoms with Gasteiger partial charge in [-0.1, -0.05) is 34.6 Å². The molecule has 37 heavy (non-hydrogen) atoms. The van der Waals surface area contributed by atoms with Gasteiger partial charge in [-0.2, -0.15) is 26.8 Å². The lowest BCUT2D eigenvalue weighted by molar-refractivity contribution is 0.242. The Hall–Kier alpha value is -3.86. The highest BCUT2D eigenvalue weighted by atomic mass is 32.2. The predicted octanol–water partition coefficient (Wildman–Crippen LogP) is 2.27. The molecule has 0 fully saturated rings. The minimum atomic E-state index is -4.44. The van der Waals surface area contributed by atoms with E-state index in [0.29, 0.717) is 22.8 Å². The van der Waals surface area contributed by atoms with E-state index >= 15 is 0 Å². The first kappa shape index (κ1) is 26.2. The first-order valence-corrected chi connectivity index (χ1v) is 13.5. The third kappa shape index (κ3) is 6.67. The number of anilines is 2. The Labute approximate surface area is 211 Å². The number of hydrogen-bond acceptors (Lipinski definition) is 10. The maximum absolute atomic E-state index is 11.1. The van der Waals surface area contributed by atoms with E-state index in [1.54, 1.807) is 38.1 Å². The molecular weight excluding hydrogens is 528 g/mol. The van der Waals surface area contributed by atoms with Gasteiger partial charge >= 0.3 is 20.6 Å². The van der Waals surface area contributed by atoms with Crippen molar-refractivity contribution in [3.8, 4) is 0 Å². The second-order valence-electron chi connectivity index (χ2n) is 8.28. The number of aromatic nitrogens is 4.